The first-order valence-electron chi connectivity index (χ1n) is 10.1. The molecule has 0 aliphatic rings. The first-order chi connectivity index (χ1) is 15.5. The summed E-state index contributed by atoms with van der Waals surface area (Å²) in [5.41, 5.74) is 3.85. The molecule has 0 N–H and O–H groups in total. The van der Waals surface area contributed by atoms with Crippen LogP contribution < -0.4 is 4.74 Å². The molecule has 7 nitrogen and oxygen atoms in total. The topological polar surface area (TPSA) is 74.8 Å². The van der Waals surface area contributed by atoms with Crippen molar-refractivity contribution in [1.82, 2.24) is 24.8 Å². The number of carbonyl (C=O) groups excluding carboxylic acids is 1. The number of thioether (sulfide) groups is 1. The summed E-state index contributed by atoms with van der Waals surface area (Å²) in [6.45, 7) is 6.24. The van der Waals surface area contributed by atoms with E-state index >= 15 is 0 Å². The Morgan fingerprint density at radius 1 is 1.12 bits per heavy atom. The molecule has 0 aliphatic carbocycles. The van der Waals surface area contributed by atoms with E-state index in [9.17, 15) is 9.18 Å². The van der Waals surface area contributed by atoms with Gasteiger partial charge in [0.1, 0.15) is 17.3 Å². The maximum atomic E-state index is 13.3. The van der Waals surface area contributed by atoms with Crippen molar-refractivity contribution in [3.05, 3.63) is 77.4 Å². The monoisotopic (exact) mass is 451 g/mol. The van der Waals surface area contributed by atoms with Crippen molar-refractivity contribution >= 4 is 17.5 Å². The first kappa shape index (κ1) is 21.8. The number of benzene rings is 2. The molecule has 2 aromatic carbocycles. The number of aryl methyl sites for hydroxylation is 1. The minimum absolute atomic E-state index is 0.0379. The van der Waals surface area contributed by atoms with Gasteiger partial charge in [-0.2, -0.15) is 4.68 Å². The number of rotatable bonds is 8. The first-order valence-corrected chi connectivity index (χ1v) is 11.1. The lowest BCUT2D eigenvalue weighted by Gasteiger charge is -2.11. The Labute approximate surface area is 189 Å². The summed E-state index contributed by atoms with van der Waals surface area (Å²) in [5.74, 6) is 0.500. The maximum Gasteiger partial charge on any atom is 0.214 e. The van der Waals surface area contributed by atoms with E-state index in [2.05, 4.69) is 15.5 Å². The number of ether oxygens (including phenoxy) is 1. The second-order valence-corrected chi connectivity index (χ2v) is 8.02. The van der Waals surface area contributed by atoms with Gasteiger partial charge in [0.25, 0.3) is 0 Å². The number of Topliss-reactive ketones (excluding diaryl/α,β-unsaturated/α-hetero) is 1. The van der Waals surface area contributed by atoms with Crippen LogP contribution >= 0.6 is 11.8 Å². The molecule has 0 unspecified atom stereocenters. The van der Waals surface area contributed by atoms with E-state index in [0.29, 0.717) is 28.8 Å². The highest BCUT2D eigenvalue weighted by atomic mass is 32.2. The summed E-state index contributed by atoms with van der Waals surface area (Å²) in [4.78, 5) is 13.0. The summed E-state index contributed by atoms with van der Waals surface area (Å²) >= 11 is 1.26. The van der Waals surface area contributed by atoms with E-state index in [-0.39, 0.29) is 17.4 Å². The number of nitrogens with zero attached hydrogens (tertiary/aromatic N) is 5. The molecule has 4 rings (SSSR count). The third-order valence-electron chi connectivity index (χ3n) is 4.98. The lowest BCUT2D eigenvalue weighted by molar-refractivity contribution is 0.102. The molecular weight excluding hydrogens is 429 g/mol. The highest BCUT2D eigenvalue weighted by Crippen LogP contribution is 2.27. The summed E-state index contributed by atoms with van der Waals surface area (Å²) in [6.07, 6.45) is 0. The number of para-hydroxylation sites is 2. The fourth-order valence-corrected chi connectivity index (χ4v) is 4.34. The molecule has 0 amide bonds. The smallest absolute Gasteiger partial charge is 0.214 e. The van der Waals surface area contributed by atoms with Gasteiger partial charge >= 0.3 is 0 Å². The Morgan fingerprint density at radius 2 is 1.88 bits per heavy atom. The highest BCUT2D eigenvalue weighted by molar-refractivity contribution is 7.99. The lowest BCUT2D eigenvalue weighted by Crippen LogP contribution is -2.07. The molecule has 2 aromatic heterocycles. The maximum absolute atomic E-state index is 13.3. The standard InChI is InChI=1S/C23H22FN5O2S/c1-4-31-22-8-6-5-7-20(22)29-23(25-26-27-29)32-14-21(30)19-13-15(2)28(16(19)3)18-11-9-17(24)10-12-18/h5-13H,4,14H2,1-3H3. The number of hydrogen-bond acceptors (Lipinski definition) is 6. The Morgan fingerprint density at radius 3 is 2.62 bits per heavy atom. The third-order valence-corrected chi connectivity index (χ3v) is 5.90. The van der Waals surface area contributed by atoms with Crippen LogP contribution in [0.5, 0.6) is 5.75 Å². The number of ketones is 1. The Hall–Kier alpha value is -3.46. The summed E-state index contributed by atoms with van der Waals surface area (Å²) in [6, 6.07) is 15.5. The molecule has 0 spiro atoms. The summed E-state index contributed by atoms with van der Waals surface area (Å²) in [7, 11) is 0. The zero-order valence-electron chi connectivity index (χ0n) is 17.9. The van der Waals surface area contributed by atoms with Crippen LogP contribution in [0.25, 0.3) is 11.4 Å². The quantitative estimate of drug-likeness (QED) is 0.288. The van der Waals surface area contributed by atoms with Crippen molar-refractivity contribution < 1.29 is 13.9 Å². The number of aromatic nitrogens is 5. The van der Waals surface area contributed by atoms with Gasteiger partial charge in [0.2, 0.25) is 5.16 Å². The molecule has 0 fully saturated rings. The fourth-order valence-electron chi connectivity index (χ4n) is 3.57. The number of tetrazole rings is 1. The van der Waals surface area contributed by atoms with Crippen LogP contribution in [0, 0.1) is 19.7 Å². The van der Waals surface area contributed by atoms with Gasteiger partial charge in [0.05, 0.1) is 12.4 Å². The number of hydrogen-bond donors (Lipinski definition) is 0. The van der Waals surface area contributed by atoms with Gasteiger partial charge in [0, 0.05) is 22.6 Å². The fraction of sp³-hybridized carbons (Fsp3) is 0.217. The minimum Gasteiger partial charge on any atom is -0.492 e. The predicted octanol–water partition coefficient (Wildman–Crippen LogP) is 4.58. The zero-order valence-corrected chi connectivity index (χ0v) is 18.8. The van der Waals surface area contributed by atoms with E-state index in [1.807, 2.05) is 55.7 Å². The van der Waals surface area contributed by atoms with Crippen molar-refractivity contribution in [3.8, 4) is 17.1 Å². The lowest BCUT2D eigenvalue weighted by atomic mass is 10.2. The van der Waals surface area contributed by atoms with Crippen LogP contribution in [-0.4, -0.2) is 42.9 Å². The van der Waals surface area contributed by atoms with Crippen molar-refractivity contribution in [1.29, 1.82) is 0 Å². The van der Waals surface area contributed by atoms with Crippen molar-refractivity contribution in [2.75, 3.05) is 12.4 Å². The number of halogens is 1. The van der Waals surface area contributed by atoms with Crippen LogP contribution in [-0.2, 0) is 0 Å². The second-order valence-electron chi connectivity index (χ2n) is 7.08. The molecule has 0 bridgehead atoms. The van der Waals surface area contributed by atoms with Crippen LogP contribution in [0.2, 0.25) is 0 Å². The van der Waals surface area contributed by atoms with Gasteiger partial charge in [0.15, 0.2) is 5.78 Å². The van der Waals surface area contributed by atoms with Crippen LogP contribution in [0.15, 0.2) is 59.8 Å². The van der Waals surface area contributed by atoms with Gasteiger partial charge in [-0.1, -0.05) is 23.9 Å². The molecule has 0 aliphatic heterocycles. The van der Waals surface area contributed by atoms with Crippen LogP contribution in [0.1, 0.15) is 28.7 Å². The van der Waals surface area contributed by atoms with Gasteiger partial charge in [-0.15, -0.1) is 5.10 Å². The average Bonchev–Trinajstić information content (AvgIpc) is 3.37. The van der Waals surface area contributed by atoms with E-state index < -0.39 is 0 Å². The van der Waals surface area contributed by atoms with E-state index in [1.165, 1.54) is 23.9 Å². The Balaban J connectivity index is 1.55. The molecule has 4 aromatic rings. The van der Waals surface area contributed by atoms with E-state index in [0.717, 1.165) is 17.1 Å². The SMILES string of the molecule is CCOc1ccccc1-n1nnnc1SCC(=O)c1cc(C)n(-c2ccc(F)cc2)c1C. The van der Waals surface area contributed by atoms with Crippen molar-refractivity contribution in [2.45, 2.75) is 25.9 Å². The molecule has 0 atom stereocenters. The van der Waals surface area contributed by atoms with Gasteiger partial charge in [-0.25, -0.2) is 4.39 Å². The molecule has 32 heavy (non-hydrogen) atoms. The molecule has 164 valence electrons. The minimum atomic E-state index is -0.299. The average molecular weight is 452 g/mol. The largest absolute Gasteiger partial charge is 0.492 e. The Bertz CT molecular complexity index is 1250. The highest BCUT2D eigenvalue weighted by Gasteiger charge is 2.19. The summed E-state index contributed by atoms with van der Waals surface area (Å²) < 4.78 is 22.5. The molecule has 9 heteroatoms. The third kappa shape index (κ3) is 4.29. The Kier molecular flexibility index (Phi) is 6.36. The second kappa shape index (κ2) is 9.35. The van der Waals surface area contributed by atoms with E-state index in [1.54, 1.807) is 16.8 Å². The van der Waals surface area contributed by atoms with Crippen LogP contribution in [0.4, 0.5) is 4.39 Å². The molecule has 2 heterocycles. The normalized spacial score (nSPS) is 11.0. The molecule has 0 saturated heterocycles. The summed E-state index contributed by atoms with van der Waals surface area (Å²) in [5, 5.41) is 12.4. The van der Waals surface area contributed by atoms with Gasteiger partial charge in [-0.3, -0.25) is 4.79 Å². The number of carbonyl (C=O) groups is 1. The predicted molar refractivity (Wildman–Crippen MR) is 121 cm³/mol. The van der Waals surface area contributed by atoms with Gasteiger partial charge < -0.3 is 9.30 Å². The zero-order chi connectivity index (χ0) is 22.7. The molecule has 0 saturated carbocycles. The molecule has 0 radical (unpaired) electrons. The van der Waals surface area contributed by atoms with Gasteiger partial charge in [-0.05, 0) is 73.7 Å². The van der Waals surface area contributed by atoms with Crippen LogP contribution in [0.3, 0.4) is 0 Å². The van der Waals surface area contributed by atoms with Crippen molar-refractivity contribution in [3.63, 3.8) is 0 Å². The molecular formula is C23H22FN5O2S. The van der Waals surface area contributed by atoms with Crippen molar-refractivity contribution in [2.24, 2.45) is 0 Å². The van der Waals surface area contributed by atoms with E-state index in [4.69, 9.17) is 4.74 Å².